The van der Waals surface area contributed by atoms with Crippen LogP contribution in [0.2, 0.25) is 0 Å². The second kappa shape index (κ2) is 8.89. The summed E-state index contributed by atoms with van der Waals surface area (Å²) in [6.07, 6.45) is 1.70. The fourth-order valence-electron chi connectivity index (χ4n) is 2.80. The standard InChI is InChI=1S/C17H25N3O3.ClH/c1-10(2)16(18)17(22)19-9-15(21)20-13-8-7-12-11(13)5-4-6-14(12)23-3;/h4-6,10,13,16H,7-9,18H2,1-3H3,(H,19,22)(H,20,21);1H/t13?,16-;/m0./s1. The van der Waals surface area contributed by atoms with E-state index in [-0.39, 0.29) is 42.7 Å². The SMILES string of the molecule is COc1cccc2c1CCC2NC(=O)CNC(=O)[C@@H](N)C(C)C.Cl. The minimum atomic E-state index is -0.598. The molecule has 1 aliphatic carbocycles. The number of amides is 2. The number of hydrogen-bond acceptors (Lipinski definition) is 4. The van der Waals surface area contributed by atoms with E-state index in [9.17, 15) is 9.59 Å². The van der Waals surface area contributed by atoms with Crippen molar-refractivity contribution in [1.82, 2.24) is 10.6 Å². The van der Waals surface area contributed by atoms with Gasteiger partial charge in [0.15, 0.2) is 0 Å². The highest BCUT2D eigenvalue weighted by Crippen LogP contribution is 2.36. The van der Waals surface area contributed by atoms with Crippen molar-refractivity contribution in [1.29, 1.82) is 0 Å². The molecule has 0 saturated carbocycles. The number of nitrogens with two attached hydrogens (primary N) is 1. The van der Waals surface area contributed by atoms with Gasteiger partial charge in [-0.15, -0.1) is 12.4 Å². The highest BCUT2D eigenvalue weighted by atomic mass is 35.5. The number of nitrogens with one attached hydrogen (secondary N) is 2. The Morgan fingerprint density at radius 1 is 1.38 bits per heavy atom. The van der Waals surface area contributed by atoms with E-state index in [1.54, 1.807) is 7.11 Å². The van der Waals surface area contributed by atoms with Gasteiger partial charge < -0.3 is 21.1 Å². The second-order valence-corrected chi connectivity index (χ2v) is 6.17. The largest absolute Gasteiger partial charge is 0.496 e. The van der Waals surface area contributed by atoms with E-state index < -0.39 is 6.04 Å². The number of rotatable bonds is 6. The zero-order valence-electron chi connectivity index (χ0n) is 14.3. The number of fused-ring (bicyclic) bond motifs is 1. The fraction of sp³-hybridized carbons (Fsp3) is 0.529. The molecule has 6 nitrogen and oxygen atoms in total. The lowest BCUT2D eigenvalue weighted by molar-refractivity contribution is -0.127. The summed E-state index contributed by atoms with van der Waals surface area (Å²) in [4.78, 5) is 23.8. The van der Waals surface area contributed by atoms with Crippen LogP contribution in [0.5, 0.6) is 5.75 Å². The Morgan fingerprint density at radius 2 is 2.08 bits per heavy atom. The highest BCUT2D eigenvalue weighted by Gasteiger charge is 2.26. The molecule has 7 heteroatoms. The number of ether oxygens (including phenoxy) is 1. The van der Waals surface area contributed by atoms with Gasteiger partial charge in [-0.3, -0.25) is 9.59 Å². The smallest absolute Gasteiger partial charge is 0.239 e. The van der Waals surface area contributed by atoms with Gasteiger partial charge in [-0.05, 0) is 36.0 Å². The summed E-state index contributed by atoms with van der Waals surface area (Å²) in [6, 6.07) is 5.22. The van der Waals surface area contributed by atoms with Crippen molar-refractivity contribution in [2.45, 2.75) is 38.8 Å². The molecule has 0 radical (unpaired) electrons. The second-order valence-electron chi connectivity index (χ2n) is 6.17. The average Bonchev–Trinajstić information content (AvgIpc) is 2.94. The van der Waals surface area contributed by atoms with E-state index in [1.807, 2.05) is 32.0 Å². The van der Waals surface area contributed by atoms with Crippen molar-refractivity contribution >= 4 is 24.2 Å². The van der Waals surface area contributed by atoms with Gasteiger partial charge in [0.2, 0.25) is 11.8 Å². The molecule has 0 bridgehead atoms. The fourth-order valence-corrected chi connectivity index (χ4v) is 2.80. The molecular weight excluding hydrogens is 330 g/mol. The molecule has 2 amide bonds. The van der Waals surface area contributed by atoms with Crippen LogP contribution in [0.1, 0.15) is 37.4 Å². The molecule has 4 N–H and O–H groups in total. The summed E-state index contributed by atoms with van der Waals surface area (Å²) in [5.74, 6) is 0.376. The van der Waals surface area contributed by atoms with Gasteiger partial charge in [0.1, 0.15) is 5.75 Å². The van der Waals surface area contributed by atoms with Crippen molar-refractivity contribution in [3.8, 4) is 5.75 Å². The van der Waals surface area contributed by atoms with Crippen LogP contribution in [-0.2, 0) is 16.0 Å². The van der Waals surface area contributed by atoms with Gasteiger partial charge in [0.05, 0.1) is 25.7 Å². The monoisotopic (exact) mass is 355 g/mol. The van der Waals surface area contributed by atoms with E-state index in [0.717, 1.165) is 29.7 Å². The Balaban J connectivity index is 0.00000288. The zero-order chi connectivity index (χ0) is 17.0. The third-order valence-electron chi connectivity index (χ3n) is 4.23. The number of hydrogen-bond donors (Lipinski definition) is 3. The van der Waals surface area contributed by atoms with Crippen molar-refractivity contribution < 1.29 is 14.3 Å². The van der Waals surface area contributed by atoms with Crippen molar-refractivity contribution in [2.75, 3.05) is 13.7 Å². The van der Waals surface area contributed by atoms with Crippen LogP contribution < -0.4 is 21.1 Å². The lowest BCUT2D eigenvalue weighted by Crippen LogP contribution is -2.47. The molecule has 0 aromatic heterocycles. The van der Waals surface area contributed by atoms with Gasteiger partial charge in [0, 0.05) is 0 Å². The van der Waals surface area contributed by atoms with Gasteiger partial charge in [-0.25, -0.2) is 0 Å². The van der Waals surface area contributed by atoms with Crippen LogP contribution in [0.3, 0.4) is 0 Å². The number of benzene rings is 1. The minimum absolute atomic E-state index is 0. The normalized spacial score (nSPS) is 16.8. The molecule has 1 aliphatic rings. The maximum absolute atomic E-state index is 12.1. The molecule has 1 aromatic rings. The topological polar surface area (TPSA) is 93.5 Å². The first-order valence-corrected chi connectivity index (χ1v) is 7.92. The summed E-state index contributed by atoms with van der Waals surface area (Å²) >= 11 is 0. The Kier molecular flexibility index (Phi) is 7.51. The van der Waals surface area contributed by atoms with Crippen LogP contribution in [0.15, 0.2) is 18.2 Å². The average molecular weight is 356 g/mol. The summed E-state index contributed by atoms with van der Waals surface area (Å²) in [5.41, 5.74) is 7.98. The molecular formula is C17H26ClN3O3. The first-order chi connectivity index (χ1) is 10.9. The molecule has 134 valence electrons. The Bertz CT molecular complexity index is 592. The molecule has 0 spiro atoms. The Morgan fingerprint density at radius 3 is 2.71 bits per heavy atom. The highest BCUT2D eigenvalue weighted by molar-refractivity contribution is 5.87. The van der Waals surface area contributed by atoms with Crippen molar-refractivity contribution in [2.24, 2.45) is 11.7 Å². The van der Waals surface area contributed by atoms with Crippen LogP contribution in [0.25, 0.3) is 0 Å². The minimum Gasteiger partial charge on any atom is -0.496 e. The van der Waals surface area contributed by atoms with Crippen LogP contribution in [0, 0.1) is 5.92 Å². The summed E-state index contributed by atoms with van der Waals surface area (Å²) in [7, 11) is 1.65. The lowest BCUT2D eigenvalue weighted by atomic mass is 10.1. The maximum Gasteiger partial charge on any atom is 0.239 e. The Labute approximate surface area is 148 Å². The summed E-state index contributed by atoms with van der Waals surface area (Å²) in [6.45, 7) is 3.68. The number of methoxy groups -OCH3 is 1. The predicted molar refractivity (Wildman–Crippen MR) is 95.3 cm³/mol. The van der Waals surface area contributed by atoms with Gasteiger partial charge in [-0.1, -0.05) is 26.0 Å². The van der Waals surface area contributed by atoms with Crippen LogP contribution >= 0.6 is 12.4 Å². The number of halogens is 1. The molecule has 1 aromatic carbocycles. The third kappa shape index (κ3) is 4.61. The van der Waals surface area contributed by atoms with E-state index in [0.29, 0.717) is 0 Å². The third-order valence-corrected chi connectivity index (χ3v) is 4.23. The first kappa shape index (κ1) is 20.3. The van der Waals surface area contributed by atoms with Crippen LogP contribution in [0.4, 0.5) is 0 Å². The molecule has 0 saturated heterocycles. The van der Waals surface area contributed by atoms with Gasteiger partial charge in [0.25, 0.3) is 0 Å². The number of carbonyl (C=O) groups is 2. The Hall–Kier alpha value is -1.79. The van der Waals surface area contributed by atoms with E-state index in [4.69, 9.17) is 10.5 Å². The van der Waals surface area contributed by atoms with E-state index >= 15 is 0 Å². The summed E-state index contributed by atoms with van der Waals surface area (Å²) in [5, 5.41) is 5.54. The summed E-state index contributed by atoms with van der Waals surface area (Å²) < 4.78 is 5.35. The molecule has 0 fully saturated rings. The van der Waals surface area contributed by atoms with Crippen molar-refractivity contribution in [3.63, 3.8) is 0 Å². The molecule has 0 aliphatic heterocycles. The molecule has 2 rings (SSSR count). The quantitative estimate of drug-likeness (QED) is 0.717. The zero-order valence-corrected chi connectivity index (χ0v) is 15.1. The van der Waals surface area contributed by atoms with Crippen molar-refractivity contribution in [3.05, 3.63) is 29.3 Å². The van der Waals surface area contributed by atoms with Gasteiger partial charge in [-0.2, -0.15) is 0 Å². The van der Waals surface area contributed by atoms with Gasteiger partial charge >= 0.3 is 0 Å². The first-order valence-electron chi connectivity index (χ1n) is 7.92. The molecule has 0 heterocycles. The van der Waals surface area contributed by atoms with E-state index in [2.05, 4.69) is 10.6 Å². The van der Waals surface area contributed by atoms with Crippen LogP contribution in [-0.4, -0.2) is 31.5 Å². The predicted octanol–water partition coefficient (Wildman–Crippen LogP) is 1.32. The van der Waals surface area contributed by atoms with E-state index in [1.165, 1.54) is 0 Å². The maximum atomic E-state index is 12.1. The number of carbonyl (C=O) groups excluding carboxylic acids is 2. The molecule has 1 unspecified atom stereocenters. The molecule has 24 heavy (non-hydrogen) atoms. The molecule has 2 atom stereocenters. The lowest BCUT2D eigenvalue weighted by Gasteiger charge is -2.17.